The minimum absolute atomic E-state index is 0.0852. The van der Waals surface area contributed by atoms with Crippen LogP contribution in [0, 0.1) is 12.8 Å². The first-order chi connectivity index (χ1) is 10.9. The molecule has 1 aliphatic rings. The maximum atomic E-state index is 12.6. The van der Waals surface area contributed by atoms with Crippen LogP contribution in [-0.4, -0.2) is 53.0 Å². The van der Waals surface area contributed by atoms with Crippen LogP contribution in [0.15, 0.2) is 24.3 Å². The number of likely N-dealkylation sites (N-methyl/N-ethyl adjacent to an activating group) is 1. The summed E-state index contributed by atoms with van der Waals surface area (Å²) in [5.41, 5.74) is 2.34. The number of piperidine rings is 1. The zero-order valence-electron chi connectivity index (χ0n) is 14.2. The Morgan fingerprint density at radius 3 is 2.48 bits per heavy atom. The molecule has 1 N–H and O–H groups in total. The monoisotopic (exact) mass is 318 g/mol. The standard InChI is InChI=1S/C18H26N2O3/c1-13-6-4-5-7-16(13)12-19(3)17(21)14(2)20-10-8-15(9-11-20)18(22)23/h4-7,14-15H,8-12H2,1-3H3,(H,22,23). The molecule has 1 aliphatic heterocycles. The molecule has 23 heavy (non-hydrogen) atoms. The van der Waals surface area contributed by atoms with Gasteiger partial charge in [-0.15, -0.1) is 0 Å². The van der Waals surface area contributed by atoms with E-state index in [1.54, 1.807) is 4.90 Å². The predicted octanol–water partition coefficient (Wildman–Crippen LogP) is 2.14. The Morgan fingerprint density at radius 1 is 1.30 bits per heavy atom. The lowest BCUT2D eigenvalue weighted by atomic mass is 9.96. The number of likely N-dealkylation sites (tertiary alicyclic amines) is 1. The molecule has 5 nitrogen and oxygen atoms in total. The minimum atomic E-state index is -0.722. The van der Waals surface area contributed by atoms with Crippen LogP contribution in [0.1, 0.15) is 30.9 Å². The highest BCUT2D eigenvalue weighted by atomic mass is 16.4. The normalized spacial score (nSPS) is 17.7. The SMILES string of the molecule is Cc1ccccc1CN(C)C(=O)C(C)N1CCC(C(=O)O)CC1. The van der Waals surface area contributed by atoms with Gasteiger partial charge in [0.15, 0.2) is 0 Å². The van der Waals surface area contributed by atoms with Crippen molar-refractivity contribution in [2.75, 3.05) is 20.1 Å². The summed E-state index contributed by atoms with van der Waals surface area (Å²) in [6, 6.07) is 7.87. The average Bonchev–Trinajstić information content (AvgIpc) is 2.55. The molecule has 0 aromatic heterocycles. The molecule has 0 spiro atoms. The Morgan fingerprint density at radius 2 is 1.91 bits per heavy atom. The van der Waals surface area contributed by atoms with Gasteiger partial charge in [-0.1, -0.05) is 24.3 Å². The lowest BCUT2D eigenvalue weighted by Crippen LogP contribution is -2.49. The Kier molecular flexibility index (Phi) is 5.77. The summed E-state index contributed by atoms with van der Waals surface area (Å²) in [5.74, 6) is -0.902. The Hall–Kier alpha value is -1.88. The molecule has 1 atom stereocenters. The Labute approximate surface area is 137 Å². The molecular weight excluding hydrogens is 292 g/mol. The van der Waals surface area contributed by atoms with E-state index < -0.39 is 5.97 Å². The number of carboxylic acid groups (broad SMARTS) is 1. The number of aryl methyl sites for hydroxylation is 1. The van der Waals surface area contributed by atoms with Gasteiger partial charge in [-0.2, -0.15) is 0 Å². The summed E-state index contributed by atoms with van der Waals surface area (Å²) in [7, 11) is 1.83. The molecule has 2 rings (SSSR count). The summed E-state index contributed by atoms with van der Waals surface area (Å²) in [4.78, 5) is 27.5. The number of nitrogens with zero attached hydrogens (tertiary/aromatic N) is 2. The van der Waals surface area contributed by atoms with Crippen LogP contribution >= 0.6 is 0 Å². The fourth-order valence-electron chi connectivity index (χ4n) is 3.13. The number of carboxylic acids is 1. The molecule has 1 aromatic carbocycles. The smallest absolute Gasteiger partial charge is 0.306 e. The molecule has 0 aliphatic carbocycles. The Balaban J connectivity index is 1.92. The number of amides is 1. The van der Waals surface area contributed by atoms with Crippen molar-refractivity contribution < 1.29 is 14.7 Å². The molecule has 126 valence electrons. The zero-order valence-corrected chi connectivity index (χ0v) is 14.2. The van der Waals surface area contributed by atoms with Gasteiger partial charge in [-0.25, -0.2) is 0 Å². The molecule has 1 aromatic rings. The lowest BCUT2D eigenvalue weighted by molar-refractivity contribution is -0.144. The van der Waals surface area contributed by atoms with Crippen molar-refractivity contribution in [3.05, 3.63) is 35.4 Å². The van der Waals surface area contributed by atoms with Crippen molar-refractivity contribution >= 4 is 11.9 Å². The second kappa shape index (κ2) is 7.59. The van der Waals surface area contributed by atoms with Gasteiger partial charge < -0.3 is 10.0 Å². The summed E-state index contributed by atoms with van der Waals surface area (Å²) in [5, 5.41) is 9.06. The van der Waals surface area contributed by atoms with Gasteiger partial charge in [0.2, 0.25) is 5.91 Å². The highest BCUT2D eigenvalue weighted by molar-refractivity contribution is 5.81. The van der Waals surface area contributed by atoms with Crippen molar-refractivity contribution in [1.29, 1.82) is 0 Å². The van der Waals surface area contributed by atoms with E-state index in [2.05, 4.69) is 4.90 Å². The predicted molar refractivity (Wildman–Crippen MR) is 89.0 cm³/mol. The van der Waals surface area contributed by atoms with E-state index in [0.29, 0.717) is 32.5 Å². The summed E-state index contributed by atoms with van der Waals surface area (Å²) >= 11 is 0. The van der Waals surface area contributed by atoms with Gasteiger partial charge in [-0.05, 0) is 50.9 Å². The summed E-state index contributed by atoms with van der Waals surface area (Å²) in [6.45, 7) is 5.90. The second-order valence-corrected chi connectivity index (χ2v) is 6.45. The van der Waals surface area contributed by atoms with Crippen molar-refractivity contribution in [2.45, 2.75) is 39.3 Å². The van der Waals surface area contributed by atoms with E-state index in [-0.39, 0.29) is 17.9 Å². The maximum Gasteiger partial charge on any atom is 0.306 e. The van der Waals surface area contributed by atoms with E-state index in [0.717, 1.165) is 5.56 Å². The second-order valence-electron chi connectivity index (χ2n) is 6.45. The number of hydrogen-bond donors (Lipinski definition) is 1. The first kappa shape index (κ1) is 17.5. The van der Waals surface area contributed by atoms with E-state index >= 15 is 0 Å². The third-order valence-corrected chi connectivity index (χ3v) is 4.83. The third-order valence-electron chi connectivity index (χ3n) is 4.83. The van der Waals surface area contributed by atoms with E-state index in [1.165, 1.54) is 5.56 Å². The van der Waals surface area contributed by atoms with E-state index in [1.807, 2.05) is 45.2 Å². The molecule has 0 saturated carbocycles. The van der Waals surface area contributed by atoms with Crippen LogP contribution in [0.3, 0.4) is 0 Å². The fraction of sp³-hybridized carbons (Fsp3) is 0.556. The van der Waals surface area contributed by atoms with Crippen LogP contribution in [0.2, 0.25) is 0 Å². The number of carbonyl (C=O) groups is 2. The lowest BCUT2D eigenvalue weighted by Gasteiger charge is -2.35. The van der Waals surface area contributed by atoms with Crippen LogP contribution in [0.4, 0.5) is 0 Å². The fourth-order valence-corrected chi connectivity index (χ4v) is 3.13. The molecule has 1 heterocycles. The number of aliphatic carboxylic acids is 1. The Bertz CT molecular complexity index is 565. The molecule has 5 heteroatoms. The molecule has 1 unspecified atom stereocenters. The molecule has 1 saturated heterocycles. The topological polar surface area (TPSA) is 60.9 Å². The zero-order chi connectivity index (χ0) is 17.0. The average molecular weight is 318 g/mol. The molecule has 0 radical (unpaired) electrons. The van der Waals surface area contributed by atoms with Crippen LogP contribution in [-0.2, 0) is 16.1 Å². The van der Waals surface area contributed by atoms with Crippen LogP contribution < -0.4 is 0 Å². The van der Waals surface area contributed by atoms with Crippen molar-refractivity contribution in [3.63, 3.8) is 0 Å². The molecule has 1 amide bonds. The van der Waals surface area contributed by atoms with E-state index in [4.69, 9.17) is 5.11 Å². The van der Waals surface area contributed by atoms with Gasteiger partial charge >= 0.3 is 5.97 Å². The first-order valence-corrected chi connectivity index (χ1v) is 8.16. The highest BCUT2D eigenvalue weighted by Gasteiger charge is 2.30. The quantitative estimate of drug-likeness (QED) is 0.903. The number of rotatable bonds is 5. The third kappa shape index (κ3) is 4.32. The van der Waals surface area contributed by atoms with Crippen molar-refractivity contribution in [3.8, 4) is 0 Å². The van der Waals surface area contributed by atoms with Gasteiger partial charge in [0.1, 0.15) is 0 Å². The summed E-state index contributed by atoms with van der Waals surface area (Å²) < 4.78 is 0. The van der Waals surface area contributed by atoms with Crippen molar-refractivity contribution in [2.24, 2.45) is 5.92 Å². The number of benzene rings is 1. The van der Waals surface area contributed by atoms with E-state index in [9.17, 15) is 9.59 Å². The van der Waals surface area contributed by atoms with Gasteiger partial charge in [-0.3, -0.25) is 14.5 Å². The number of carbonyl (C=O) groups excluding carboxylic acids is 1. The maximum absolute atomic E-state index is 12.6. The van der Waals surface area contributed by atoms with Crippen molar-refractivity contribution in [1.82, 2.24) is 9.80 Å². The molecule has 1 fully saturated rings. The minimum Gasteiger partial charge on any atom is -0.481 e. The molecular formula is C18H26N2O3. The van der Waals surface area contributed by atoms with Gasteiger partial charge in [0.05, 0.1) is 12.0 Å². The molecule has 0 bridgehead atoms. The van der Waals surface area contributed by atoms with Crippen LogP contribution in [0.25, 0.3) is 0 Å². The van der Waals surface area contributed by atoms with Crippen LogP contribution in [0.5, 0.6) is 0 Å². The first-order valence-electron chi connectivity index (χ1n) is 8.16. The highest BCUT2D eigenvalue weighted by Crippen LogP contribution is 2.20. The largest absolute Gasteiger partial charge is 0.481 e. The van der Waals surface area contributed by atoms with Gasteiger partial charge in [0, 0.05) is 13.6 Å². The number of hydrogen-bond acceptors (Lipinski definition) is 3. The van der Waals surface area contributed by atoms with Gasteiger partial charge in [0.25, 0.3) is 0 Å². The summed E-state index contributed by atoms with van der Waals surface area (Å²) in [6.07, 6.45) is 1.24.